The van der Waals surface area contributed by atoms with Gasteiger partial charge >= 0.3 is 6.03 Å². The molecule has 1 aromatic heterocycles. The minimum atomic E-state index is -0.583. The number of amides is 2. The molecule has 0 aliphatic heterocycles. The molecule has 1 heterocycles. The molecule has 0 saturated carbocycles. The van der Waals surface area contributed by atoms with Crippen molar-refractivity contribution in [3.8, 4) is 0 Å². The van der Waals surface area contributed by atoms with Gasteiger partial charge in [-0.05, 0) is 18.2 Å². The topological polar surface area (TPSA) is 68.0 Å². The summed E-state index contributed by atoms with van der Waals surface area (Å²) in [4.78, 5) is 14.7. The Balaban J connectivity index is 2.45. The van der Waals surface area contributed by atoms with Crippen molar-refractivity contribution in [3.05, 3.63) is 22.7 Å². The number of anilines is 1. The first-order chi connectivity index (χ1) is 6.65. The summed E-state index contributed by atoms with van der Waals surface area (Å²) in [5.74, 6) is 0. The molecule has 0 spiro atoms. The van der Waals surface area contributed by atoms with Gasteiger partial charge in [0, 0.05) is 5.69 Å². The van der Waals surface area contributed by atoms with Gasteiger partial charge in [0.15, 0.2) is 4.47 Å². The number of thiazole rings is 1. The van der Waals surface area contributed by atoms with Crippen molar-refractivity contribution in [3.63, 3.8) is 0 Å². The molecule has 0 unspecified atom stereocenters. The normalized spacial score (nSPS) is 10.4. The van der Waals surface area contributed by atoms with E-state index in [1.165, 1.54) is 11.3 Å². The number of urea groups is 1. The van der Waals surface area contributed by atoms with Crippen molar-refractivity contribution in [2.24, 2.45) is 5.73 Å². The lowest BCUT2D eigenvalue weighted by molar-refractivity contribution is 0.259. The van der Waals surface area contributed by atoms with Crippen LogP contribution in [0.4, 0.5) is 10.5 Å². The van der Waals surface area contributed by atoms with Gasteiger partial charge in [-0.3, -0.25) is 0 Å². The number of nitrogens with zero attached hydrogens (tertiary/aromatic N) is 1. The summed E-state index contributed by atoms with van der Waals surface area (Å²) in [5, 5.41) is 2.48. The maximum absolute atomic E-state index is 10.6. The highest BCUT2D eigenvalue weighted by atomic mass is 35.5. The molecule has 0 saturated heterocycles. The first-order valence-corrected chi connectivity index (χ1v) is 4.97. The lowest BCUT2D eigenvalue weighted by Crippen LogP contribution is -2.19. The summed E-state index contributed by atoms with van der Waals surface area (Å²) >= 11 is 7.09. The summed E-state index contributed by atoms with van der Waals surface area (Å²) in [6.07, 6.45) is 0. The molecule has 14 heavy (non-hydrogen) atoms. The summed E-state index contributed by atoms with van der Waals surface area (Å²) in [7, 11) is 0. The molecule has 0 aliphatic rings. The van der Waals surface area contributed by atoms with Crippen molar-refractivity contribution >= 4 is 44.9 Å². The molecule has 0 aliphatic carbocycles. The van der Waals surface area contributed by atoms with E-state index < -0.39 is 6.03 Å². The number of benzene rings is 1. The molecular formula is C8H6ClN3OS. The highest BCUT2D eigenvalue weighted by Crippen LogP contribution is 2.27. The maximum Gasteiger partial charge on any atom is 0.316 e. The van der Waals surface area contributed by atoms with Gasteiger partial charge in [0.25, 0.3) is 0 Å². The van der Waals surface area contributed by atoms with E-state index in [-0.39, 0.29) is 0 Å². The van der Waals surface area contributed by atoms with Crippen molar-refractivity contribution < 1.29 is 4.79 Å². The zero-order chi connectivity index (χ0) is 10.1. The average Bonchev–Trinajstić information content (AvgIpc) is 2.42. The van der Waals surface area contributed by atoms with Crippen LogP contribution in [0, 0.1) is 0 Å². The van der Waals surface area contributed by atoms with Crippen molar-refractivity contribution in [2.45, 2.75) is 0 Å². The minimum Gasteiger partial charge on any atom is -0.351 e. The Kier molecular flexibility index (Phi) is 2.26. The number of hydrogen-bond donors (Lipinski definition) is 2. The van der Waals surface area contributed by atoms with Gasteiger partial charge in [0.2, 0.25) is 0 Å². The summed E-state index contributed by atoms with van der Waals surface area (Å²) in [6.45, 7) is 0. The second kappa shape index (κ2) is 3.43. The van der Waals surface area contributed by atoms with Gasteiger partial charge in [-0.15, -0.1) is 11.3 Å². The van der Waals surface area contributed by atoms with Crippen LogP contribution in [0.2, 0.25) is 4.47 Å². The number of aromatic nitrogens is 1. The molecule has 4 nitrogen and oxygen atoms in total. The molecule has 1 aromatic carbocycles. The van der Waals surface area contributed by atoms with Gasteiger partial charge < -0.3 is 11.1 Å². The molecular weight excluding hydrogens is 222 g/mol. The average molecular weight is 228 g/mol. The number of carbonyl (C=O) groups excluding carboxylic acids is 1. The second-order valence-electron chi connectivity index (χ2n) is 2.64. The van der Waals surface area contributed by atoms with E-state index in [9.17, 15) is 4.79 Å². The first kappa shape index (κ1) is 9.23. The van der Waals surface area contributed by atoms with Gasteiger partial charge in [0.1, 0.15) is 0 Å². The molecule has 3 N–H and O–H groups in total. The van der Waals surface area contributed by atoms with Crippen LogP contribution in [0.15, 0.2) is 18.2 Å². The Hall–Kier alpha value is -1.33. The summed E-state index contributed by atoms with van der Waals surface area (Å²) in [5.41, 5.74) is 6.44. The third-order valence-corrected chi connectivity index (χ3v) is 2.75. The maximum atomic E-state index is 10.6. The molecule has 72 valence electrons. The monoisotopic (exact) mass is 227 g/mol. The summed E-state index contributed by atoms with van der Waals surface area (Å²) in [6, 6.07) is 4.70. The molecule has 0 bridgehead atoms. The fourth-order valence-electron chi connectivity index (χ4n) is 1.12. The smallest absolute Gasteiger partial charge is 0.316 e. The molecule has 2 rings (SSSR count). The highest BCUT2D eigenvalue weighted by molar-refractivity contribution is 7.22. The third-order valence-electron chi connectivity index (χ3n) is 1.63. The van der Waals surface area contributed by atoms with Gasteiger partial charge in [0.05, 0.1) is 10.2 Å². The molecule has 0 fully saturated rings. The van der Waals surface area contributed by atoms with Crippen molar-refractivity contribution in [2.75, 3.05) is 5.32 Å². The number of primary amides is 1. The number of nitrogens with one attached hydrogen (secondary N) is 1. The van der Waals surface area contributed by atoms with Crippen molar-refractivity contribution in [1.29, 1.82) is 0 Å². The zero-order valence-corrected chi connectivity index (χ0v) is 8.52. The van der Waals surface area contributed by atoms with Crippen LogP contribution >= 0.6 is 22.9 Å². The lowest BCUT2D eigenvalue weighted by Gasteiger charge is -1.99. The minimum absolute atomic E-state index is 0.483. The highest BCUT2D eigenvalue weighted by Gasteiger charge is 2.03. The van der Waals surface area contributed by atoms with Crippen LogP contribution in [-0.4, -0.2) is 11.0 Å². The van der Waals surface area contributed by atoms with Gasteiger partial charge in [-0.1, -0.05) is 11.6 Å². The fourth-order valence-corrected chi connectivity index (χ4v) is 2.19. The predicted octanol–water partition coefficient (Wildman–Crippen LogP) is 2.44. The van der Waals surface area contributed by atoms with Crippen molar-refractivity contribution in [1.82, 2.24) is 4.98 Å². The molecule has 2 aromatic rings. The van der Waals surface area contributed by atoms with Crippen LogP contribution in [0.25, 0.3) is 10.2 Å². The lowest BCUT2D eigenvalue weighted by atomic mass is 10.3. The standard InChI is InChI=1S/C8H6ClN3OS/c9-7-12-5-2-1-4(11-8(10)13)3-6(5)14-7/h1-3H,(H3,10,11,13). The van der Waals surface area contributed by atoms with Crippen LogP contribution in [0.3, 0.4) is 0 Å². The number of rotatable bonds is 1. The number of hydrogen-bond acceptors (Lipinski definition) is 3. The molecule has 0 radical (unpaired) electrons. The fraction of sp³-hybridized carbons (Fsp3) is 0. The largest absolute Gasteiger partial charge is 0.351 e. The number of halogens is 1. The Morgan fingerprint density at radius 2 is 2.36 bits per heavy atom. The van der Waals surface area contributed by atoms with E-state index in [1.807, 2.05) is 0 Å². The van der Waals surface area contributed by atoms with E-state index in [2.05, 4.69) is 10.3 Å². The second-order valence-corrected chi connectivity index (χ2v) is 4.25. The Bertz CT molecular complexity index is 496. The van der Waals surface area contributed by atoms with Crippen LogP contribution in [-0.2, 0) is 0 Å². The zero-order valence-electron chi connectivity index (χ0n) is 6.95. The van der Waals surface area contributed by atoms with Crippen LogP contribution in [0.5, 0.6) is 0 Å². The summed E-state index contributed by atoms with van der Waals surface area (Å²) < 4.78 is 1.40. The van der Waals surface area contributed by atoms with Crippen LogP contribution in [0.1, 0.15) is 0 Å². The SMILES string of the molecule is NC(=O)Nc1ccc2nc(Cl)sc2c1. The Labute approximate surface area is 88.7 Å². The molecule has 2 amide bonds. The Morgan fingerprint density at radius 1 is 1.57 bits per heavy atom. The number of carbonyl (C=O) groups is 1. The predicted molar refractivity (Wildman–Crippen MR) is 57.8 cm³/mol. The molecule has 0 atom stereocenters. The van der Waals surface area contributed by atoms with E-state index in [0.29, 0.717) is 10.2 Å². The van der Waals surface area contributed by atoms with E-state index in [0.717, 1.165) is 10.2 Å². The Morgan fingerprint density at radius 3 is 3.07 bits per heavy atom. The number of fused-ring (bicyclic) bond motifs is 1. The van der Waals surface area contributed by atoms with E-state index in [1.54, 1.807) is 18.2 Å². The number of nitrogens with two attached hydrogens (primary N) is 1. The van der Waals surface area contributed by atoms with Crippen LogP contribution < -0.4 is 11.1 Å². The van der Waals surface area contributed by atoms with E-state index in [4.69, 9.17) is 17.3 Å². The molecule has 6 heteroatoms. The van der Waals surface area contributed by atoms with E-state index >= 15 is 0 Å². The van der Waals surface area contributed by atoms with Gasteiger partial charge in [-0.2, -0.15) is 0 Å². The quantitative estimate of drug-likeness (QED) is 0.786. The first-order valence-electron chi connectivity index (χ1n) is 3.78. The van der Waals surface area contributed by atoms with Gasteiger partial charge in [-0.25, -0.2) is 9.78 Å². The third kappa shape index (κ3) is 1.78.